The summed E-state index contributed by atoms with van der Waals surface area (Å²) in [4.78, 5) is 20.1. The lowest BCUT2D eigenvalue weighted by molar-refractivity contribution is -0.0266. The number of ether oxygens (including phenoxy) is 1. The van der Waals surface area contributed by atoms with Crippen LogP contribution in [0.1, 0.15) is 54.2 Å². The first kappa shape index (κ1) is 18.4. The van der Waals surface area contributed by atoms with E-state index in [0.717, 1.165) is 48.4 Å². The summed E-state index contributed by atoms with van der Waals surface area (Å²) in [5, 5.41) is 0. The highest BCUT2D eigenvalue weighted by Crippen LogP contribution is 2.57. The van der Waals surface area contributed by atoms with Gasteiger partial charge in [0.1, 0.15) is 5.75 Å². The second kappa shape index (κ2) is 6.19. The van der Waals surface area contributed by atoms with Crippen molar-refractivity contribution in [3.8, 4) is 5.75 Å². The maximum Gasteiger partial charge on any atom is 0.254 e. The van der Waals surface area contributed by atoms with E-state index in [2.05, 4.69) is 42.8 Å². The molecule has 1 amide bonds. The van der Waals surface area contributed by atoms with Gasteiger partial charge in [-0.3, -0.25) is 9.79 Å². The summed E-state index contributed by atoms with van der Waals surface area (Å²) in [7, 11) is 1.74. The first-order valence-corrected chi connectivity index (χ1v) is 10.5. The summed E-state index contributed by atoms with van der Waals surface area (Å²) < 4.78 is 5.70. The number of nitrogens with zero attached hydrogens (tertiary/aromatic N) is 2. The normalized spacial score (nSPS) is 26.1. The van der Waals surface area contributed by atoms with Crippen LogP contribution in [-0.2, 0) is 18.3 Å². The fourth-order valence-corrected chi connectivity index (χ4v) is 5.76. The lowest BCUT2D eigenvalue weighted by atomic mass is 9.51. The Morgan fingerprint density at radius 1 is 1.21 bits per heavy atom. The number of likely N-dealkylation sites (tertiary alicyclic amines) is 1. The molecule has 2 aromatic carbocycles. The Kier molecular flexibility index (Phi) is 3.93. The molecule has 4 nitrogen and oxygen atoms in total. The number of carbonyl (C=O) groups is 1. The van der Waals surface area contributed by atoms with E-state index in [1.54, 1.807) is 7.11 Å². The molecule has 2 atom stereocenters. The molecule has 1 saturated heterocycles. The molecule has 1 fully saturated rings. The highest BCUT2D eigenvalue weighted by Gasteiger charge is 2.57. The molecular formula is C25H28N2O2. The van der Waals surface area contributed by atoms with E-state index in [9.17, 15) is 4.79 Å². The van der Waals surface area contributed by atoms with Gasteiger partial charge in [-0.25, -0.2) is 0 Å². The predicted molar refractivity (Wildman–Crippen MR) is 116 cm³/mol. The lowest BCUT2D eigenvalue weighted by Crippen LogP contribution is -2.64. The Hall–Kier alpha value is -2.62. The van der Waals surface area contributed by atoms with Crippen molar-refractivity contribution in [2.45, 2.75) is 51.5 Å². The molecule has 2 aromatic rings. The van der Waals surface area contributed by atoms with Crippen LogP contribution in [0, 0.1) is 5.41 Å². The summed E-state index contributed by atoms with van der Waals surface area (Å²) in [5.74, 6) is 1.08. The third-order valence-corrected chi connectivity index (χ3v) is 7.96. The Balaban J connectivity index is 1.56. The summed E-state index contributed by atoms with van der Waals surface area (Å²) in [6.07, 6.45) is 4.52. The largest absolute Gasteiger partial charge is 0.496 e. The molecule has 4 heteroatoms. The highest BCUT2D eigenvalue weighted by molar-refractivity contribution is 5.96. The molecule has 0 unspecified atom stereocenters. The van der Waals surface area contributed by atoms with Crippen LogP contribution in [0.2, 0.25) is 0 Å². The molecule has 150 valence electrons. The van der Waals surface area contributed by atoms with Crippen molar-refractivity contribution in [2.75, 3.05) is 13.7 Å². The maximum absolute atomic E-state index is 13.6. The average molecular weight is 389 g/mol. The summed E-state index contributed by atoms with van der Waals surface area (Å²) in [6, 6.07) is 12.5. The van der Waals surface area contributed by atoms with Crippen LogP contribution in [0.3, 0.4) is 0 Å². The van der Waals surface area contributed by atoms with E-state index >= 15 is 0 Å². The second-order valence-corrected chi connectivity index (χ2v) is 9.37. The molecule has 2 bridgehead atoms. The van der Waals surface area contributed by atoms with E-state index in [-0.39, 0.29) is 22.8 Å². The van der Waals surface area contributed by atoms with Gasteiger partial charge >= 0.3 is 0 Å². The quantitative estimate of drug-likeness (QED) is 0.748. The van der Waals surface area contributed by atoms with Gasteiger partial charge in [-0.2, -0.15) is 0 Å². The Morgan fingerprint density at radius 2 is 2.03 bits per heavy atom. The van der Waals surface area contributed by atoms with E-state index < -0.39 is 0 Å². The third-order valence-electron chi connectivity index (χ3n) is 7.96. The molecule has 3 aliphatic rings. The SMILES string of the molecule is COc1cccc2c1C[C@H]1N(C(=O)c3ccc4c(c3)CC=N4)CC[C@]2(C)C1(C)C. The van der Waals surface area contributed by atoms with Crippen molar-refractivity contribution < 1.29 is 9.53 Å². The fourth-order valence-electron chi connectivity index (χ4n) is 5.76. The Labute approximate surface area is 172 Å². The van der Waals surface area contributed by atoms with Gasteiger partial charge in [0.2, 0.25) is 0 Å². The van der Waals surface area contributed by atoms with Crippen LogP contribution in [-0.4, -0.2) is 36.7 Å². The number of hydrogen-bond acceptors (Lipinski definition) is 3. The number of piperidine rings is 1. The molecule has 5 rings (SSSR count). The molecule has 2 aliphatic heterocycles. The molecular weight excluding hydrogens is 360 g/mol. The zero-order chi connectivity index (χ0) is 20.4. The van der Waals surface area contributed by atoms with E-state index in [1.807, 2.05) is 30.5 Å². The van der Waals surface area contributed by atoms with Crippen molar-refractivity contribution in [1.82, 2.24) is 4.90 Å². The van der Waals surface area contributed by atoms with Crippen LogP contribution in [0.15, 0.2) is 41.4 Å². The van der Waals surface area contributed by atoms with Crippen molar-refractivity contribution in [1.29, 1.82) is 0 Å². The predicted octanol–water partition coefficient (Wildman–Crippen LogP) is 4.71. The molecule has 0 radical (unpaired) electrons. The number of hydrogen-bond donors (Lipinski definition) is 0. The number of carbonyl (C=O) groups excluding carboxylic acids is 1. The number of fused-ring (bicyclic) bond motifs is 5. The van der Waals surface area contributed by atoms with E-state index in [4.69, 9.17) is 4.74 Å². The number of rotatable bonds is 2. The van der Waals surface area contributed by atoms with Crippen molar-refractivity contribution in [3.63, 3.8) is 0 Å². The van der Waals surface area contributed by atoms with Gasteiger partial charge in [0.05, 0.1) is 12.8 Å². The maximum atomic E-state index is 13.6. The van der Waals surface area contributed by atoms with Gasteiger partial charge in [-0.05, 0) is 59.2 Å². The van der Waals surface area contributed by atoms with E-state index in [1.165, 1.54) is 11.1 Å². The minimum atomic E-state index is -0.0277. The number of benzene rings is 2. The third kappa shape index (κ3) is 2.44. The van der Waals surface area contributed by atoms with Crippen molar-refractivity contribution >= 4 is 17.8 Å². The van der Waals surface area contributed by atoms with Gasteiger partial charge in [0, 0.05) is 36.2 Å². The summed E-state index contributed by atoms with van der Waals surface area (Å²) in [5.41, 5.74) is 5.56. The smallest absolute Gasteiger partial charge is 0.254 e. The van der Waals surface area contributed by atoms with Gasteiger partial charge in [-0.1, -0.05) is 32.9 Å². The van der Waals surface area contributed by atoms with Gasteiger partial charge in [-0.15, -0.1) is 0 Å². The first-order chi connectivity index (χ1) is 13.9. The first-order valence-electron chi connectivity index (χ1n) is 10.5. The minimum absolute atomic E-state index is 0.0162. The standard InChI is InChI=1S/C25H28N2O2/c1-24(2)22-15-18-19(6-5-7-21(18)29-4)25(24,3)11-13-27(22)23(28)17-8-9-20-16(14-17)10-12-26-20/h5-9,12,14,22H,10-11,13,15H2,1-4H3/t22-,25+/m1/s1. The van der Waals surface area contributed by atoms with E-state index in [0.29, 0.717) is 0 Å². The number of methoxy groups -OCH3 is 1. The van der Waals surface area contributed by atoms with Crippen LogP contribution < -0.4 is 4.74 Å². The van der Waals surface area contributed by atoms with Gasteiger partial charge in [0.15, 0.2) is 0 Å². The Bertz CT molecular complexity index is 1040. The molecule has 1 aliphatic carbocycles. The molecule has 0 aromatic heterocycles. The molecule has 0 spiro atoms. The molecule has 0 N–H and O–H groups in total. The highest BCUT2D eigenvalue weighted by atomic mass is 16.5. The second-order valence-electron chi connectivity index (χ2n) is 9.37. The summed E-state index contributed by atoms with van der Waals surface area (Å²) in [6.45, 7) is 7.81. The van der Waals surface area contributed by atoms with Crippen LogP contribution in [0.4, 0.5) is 5.69 Å². The van der Waals surface area contributed by atoms with Crippen LogP contribution in [0.25, 0.3) is 0 Å². The Morgan fingerprint density at radius 3 is 2.83 bits per heavy atom. The van der Waals surface area contributed by atoms with Crippen molar-refractivity contribution in [2.24, 2.45) is 10.4 Å². The lowest BCUT2D eigenvalue weighted by Gasteiger charge is -2.60. The van der Waals surface area contributed by atoms with Crippen molar-refractivity contribution in [3.05, 3.63) is 58.7 Å². The summed E-state index contributed by atoms with van der Waals surface area (Å²) >= 11 is 0. The van der Waals surface area contributed by atoms with Crippen LogP contribution in [0.5, 0.6) is 5.75 Å². The molecule has 2 heterocycles. The van der Waals surface area contributed by atoms with Gasteiger partial charge in [0.25, 0.3) is 5.91 Å². The zero-order valence-electron chi connectivity index (χ0n) is 17.7. The molecule has 29 heavy (non-hydrogen) atoms. The van der Waals surface area contributed by atoms with Crippen LogP contribution >= 0.6 is 0 Å². The fraction of sp³-hybridized carbons (Fsp3) is 0.440. The minimum Gasteiger partial charge on any atom is -0.496 e. The van der Waals surface area contributed by atoms with Gasteiger partial charge < -0.3 is 9.64 Å². The number of aliphatic imine (C=N–C) groups is 1. The zero-order valence-corrected chi connectivity index (χ0v) is 17.7. The average Bonchev–Trinajstić information content (AvgIpc) is 3.17. The molecule has 0 saturated carbocycles. The topological polar surface area (TPSA) is 41.9 Å². The number of amides is 1. The monoisotopic (exact) mass is 388 g/mol.